The van der Waals surface area contributed by atoms with Crippen LogP contribution in [0.25, 0.3) is 39.0 Å². The first-order valence-corrected chi connectivity index (χ1v) is 10.7. The fraction of sp³-hybridized carbons (Fsp3) is 0.0741. The molecule has 0 atom stereocenters. The summed E-state index contributed by atoms with van der Waals surface area (Å²) in [5.41, 5.74) is 5.08. The zero-order valence-corrected chi connectivity index (χ0v) is 18.6. The summed E-state index contributed by atoms with van der Waals surface area (Å²) in [6.07, 6.45) is 3.53. The van der Waals surface area contributed by atoms with Crippen LogP contribution >= 0.6 is 0 Å². The van der Waals surface area contributed by atoms with E-state index in [0.717, 1.165) is 38.9 Å². The Kier molecular flexibility index (Phi) is 5.43. The van der Waals surface area contributed by atoms with Crippen molar-refractivity contribution in [2.24, 2.45) is 0 Å². The summed E-state index contributed by atoms with van der Waals surface area (Å²) in [5, 5.41) is 15.2. The molecule has 0 radical (unpaired) electrons. The maximum absolute atomic E-state index is 11.2. The molecule has 5 aromatic rings. The first kappa shape index (κ1) is 21.2. The van der Waals surface area contributed by atoms with E-state index in [0.29, 0.717) is 11.6 Å². The van der Waals surface area contributed by atoms with Crippen molar-refractivity contribution in [2.75, 3.05) is 19.5 Å². The largest absolute Gasteiger partial charge is 0.545 e. The minimum Gasteiger partial charge on any atom is -0.545 e. The number of rotatable bonds is 6. The molecule has 5 rings (SSSR count). The summed E-state index contributed by atoms with van der Waals surface area (Å²) in [6, 6.07) is 22.8. The Bertz CT molecular complexity index is 1490. The van der Waals surface area contributed by atoms with Gasteiger partial charge in [-0.3, -0.25) is 0 Å². The van der Waals surface area contributed by atoms with Gasteiger partial charge in [0.2, 0.25) is 0 Å². The molecule has 34 heavy (non-hydrogen) atoms. The molecule has 168 valence electrons. The Balaban J connectivity index is 1.70. The van der Waals surface area contributed by atoms with Crippen molar-refractivity contribution >= 4 is 22.7 Å². The molecule has 2 heterocycles. The predicted octanol–water partition coefficient (Wildman–Crippen LogP) is 4.17. The second-order valence-corrected chi connectivity index (χ2v) is 7.75. The minimum absolute atomic E-state index is 0.142. The number of nitrogens with zero attached hydrogens (tertiary/aromatic N) is 3. The van der Waals surface area contributed by atoms with Gasteiger partial charge in [0.25, 0.3) is 0 Å². The normalized spacial score (nSPS) is 10.9. The number of ether oxygens (including phenoxy) is 1. The van der Waals surface area contributed by atoms with Crippen molar-refractivity contribution in [2.45, 2.75) is 0 Å². The topological polar surface area (TPSA) is 92.1 Å². The molecule has 1 N–H and O–H groups in total. The molecule has 0 amide bonds. The fourth-order valence-corrected chi connectivity index (χ4v) is 4.01. The van der Waals surface area contributed by atoms with E-state index < -0.39 is 5.97 Å². The molecule has 0 aliphatic heterocycles. The van der Waals surface area contributed by atoms with Crippen LogP contribution in [0.4, 0.5) is 5.82 Å². The van der Waals surface area contributed by atoms with Crippen LogP contribution in [0.15, 0.2) is 85.3 Å². The van der Waals surface area contributed by atoms with E-state index >= 15 is 0 Å². The van der Waals surface area contributed by atoms with Crippen LogP contribution < -0.4 is 15.2 Å². The lowest BCUT2D eigenvalue weighted by Gasteiger charge is -2.08. The minimum atomic E-state index is -1.20. The van der Waals surface area contributed by atoms with Gasteiger partial charge in [0.15, 0.2) is 0 Å². The van der Waals surface area contributed by atoms with E-state index in [1.54, 1.807) is 31.4 Å². The van der Waals surface area contributed by atoms with E-state index in [9.17, 15) is 9.90 Å². The molecule has 3 aromatic carbocycles. The molecule has 0 aliphatic rings. The molecule has 0 spiro atoms. The van der Waals surface area contributed by atoms with Crippen LogP contribution in [0.2, 0.25) is 0 Å². The molecule has 0 saturated carbocycles. The maximum Gasteiger partial charge on any atom is 0.142 e. The molecule has 7 nitrogen and oxygen atoms in total. The Labute approximate surface area is 196 Å². The summed E-state index contributed by atoms with van der Waals surface area (Å²) >= 11 is 0. The highest BCUT2D eigenvalue weighted by Crippen LogP contribution is 2.35. The van der Waals surface area contributed by atoms with Gasteiger partial charge in [-0.1, -0.05) is 48.5 Å². The number of aromatic nitrogens is 3. The second-order valence-electron chi connectivity index (χ2n) is 7.75. The highest BCUT2D eigenvalue weighted by Gasteiger charge is 2.14. The van der Waals surface area contributed by atoms with Crippen LogP contribution in [-0.2, 0) is 0 Å². The van der Waals surface area contributed by atoms with Crippen LogP contribution in [0.1, 0.15) is 10.4 Å². The third kappa shape index (κ3) is 3.84. The van der Waals surface area contributed by atoms with Crippen molar-refractivity contribution in [3.8, 4) is 33.8 Å². The van der Waals surface area contributed by atoms with Crippen LogP contribution in [0, 0.1) is 0 Å². The van der Waals surface area contributed by atoms with Crippen molar-refractivity contribution in [1.29, 1.82) is 0 Å². The first-order chi connectivity index (χ1) is 16.6. The second kappa shape index (κ2) is 8.71. The number of aromatic carboxylic acids is 1. The van der Waals surface area contributed by atoms with Crippen molar-refractivity contribution in [1.82, 2.24) is 14.5 Å². The number of hydrogen-bond donors (Lipinski definition) is 1. The summed E-state index contributed by atoms with van der Waals surface area (Å²) < 4.78 is 7.31. The van der Waals surface area contributed by atoms with Gasteiger partial charge in [-0.15, -0.1) is 0 Å². The van der Waals surface area contributed by atoms with Gasteiger partial charge >= 0.3 is 0 Å². The van der Waals surface area contributed by atoms with E-state index in [-0.39, 0.29) is 5.56 Å². The Morgan fingerprint density at radius 3 is 2.29 bits per heavy atom. The molecule has 7 heteroatoms. The highest BCUT2D eigenvalue weighted by molar-refractivity contribution is 5.99. The van der Waals surface area contributed by atoms with E-state index in [2.05, 4.69) is 33.5 Å². The number of carbonyl (C=O) groups is 1. The lowest BCUT2D eigenvalue weighted by atomic mass is 10.00. The van der Waals surface area contributed by atoms with Gasteiger partial charge in [-0.25, -0.2) is 9.97 Å². The lowest BCUT2D eigenvalue weighted by molar-refractivity contribution is -0.255. The summed E-state index contributed by atoms with van der Waals surface area (Å²) in [7, 11) is 3.46. The monoisotopic (exact) mass is 449 g/mol. The molecule has 0 saturated heterocycles. The number of hydrogen-bond acceptors (Lipinski definition) is 6. The Morgan fingerprint density at radius 1 is 0.912 bits per heavy atom. The third-order valence-electron chi connectivity index (χ3n) is 5.82. The molecular formula is C27H21N4O3-. The van der Waals surface area contributed by atoms with E-state index in [1.165, 1.54) is 6.33 Å². The SMILES string of the molecule is CNc1cc(-n2cc(-c3ccc(C(=O)[O-])cc3)c3ccc(-c4ccc(OC)cc4)cc32)ncn1. The molecule has 0 aliphatic carbocycles. The third-order valence-corrected chi connectivity index (χ3v) is 5.82. The maximum atomic E-state index is 11.2. The van der Waals surface area contributed by atoms with Gasteiger partial charge in [0, 0.05) is 30.3 Å². The zero-order valence-electron chi connectivity index (χ0n) is 18.6. The van der Waals surface area contributed by atoms with Gasteiger partial charge < -0.3 is 24.5 Å². The van der Waals surface area contributed by atoms with Crippen LogP contribution in [0.5, 0.6) is 5.75 Å². The Morgan fingerprint density at radius 2 is 1.62 bits per heavy atom. The number of nitrogens with one attached hydrogen (secondary N) is 1. The average Bonchev–Trinajstić information content (AvgIpc) is 3.27. The van der Waals surface area contributed by atoms with Gasteiger partial charge in [-0.2, -0.15) is 0 Å². The zero-order chi connectivity index (χ0) is 23.7. The quantitative estimate of drug-likeness (QED) is 0.418. The van der Waals surface area contributed by atoms with Crippen LogP contribution in [-0.4, -0.2) is 34.7 Å². The van der Waals surface area contributed by atoms with E-state index in [4.69, 9.17) is 4.74 Å². The predicted molar refractivity (Wildman–Crippen MR) is 130 cm³/mol. The summed E-state index contributed by atoms with van der Waals surface area (Å²) in [4.78, 5) is 19.9. The lowest BCUT2D eigenvalue weighted by Crippen LogP contribution is -2.21. The molecular weight excluding hydrogens is 428 g/mol. The number of carboxylic acids is 1. The number of anilines is 1. The number of carbonyl (C=O) groups excluding carboxylic acids is 1. The van der Waals surface area contributed by atoms with Gasteiger partial charge in [0.1, 0.15) is 23.7 Å². The van der Waals surface area contributed by atoms with Gasteiger partial charge in [-0.05, 0) is 40.5 Å². The number of carboxylic acid groups (broad SMARTS) is 1. The van der Waals surface area contributed by atoms with Crippen molar-refractivity contribution in [3.05, 3.63) is 90.9 Å². The molecule has 2 aromatic heterocycles. The van der Waals surface area contributed by atoms with E-state index in [1.807, 2.05) is 48.1 Å². The summed E-state index contributed by atoms with van der Waals surface area (Å²) in [6.45, 7) is 0. The first-order valence-electron chi connectivity index (χ1n) is 10.7. The smallest absolute Gasteiger partial charge is 0.142 e. The van der Waals surface area contributed by atoms with Crippen LogP contribution in [0.3, 0.4) is 0 Å². The number of fused-ring (bicyclic) bond motifs is 1. The number of benzene rings is 3. The Hall–Kier alpha value is -4.65. The number of methoxy groups -OCH3 is 1. The highest BCUT2D eigenvalue weighted by atomic mass is 16.5. The standard InChI is InChI=1S/C27H22N4O3/c1-28-25-14-26(30-16-29-25)31-15-23(18-3-5-19(6-4-18)27(32)33)22-12-9-20(13-24(22)31)17-7-10-21(34-2)11-8-17/h3-16H,1-2H3,(H,32,33)(H,28,29,30)/p-1. The van der Waals surface area contributed by atoms with Gasteiger partial charge in [0.05, 0.1) is 18.6 Å². The van der Waals surface area contributed by atoms with Crippen molar-refractivity contribution < 1.29 is 14.6 Å². The average molecular weight is 449 g/mol. The molecule has 0 bridgehead atoms. The van der Waals surface area contributed by atoms with Crippen molar-refractivity contribution in [3.63, 3.8) is 0 Å². The molecule has 0 fully saturated rings. The summed E-state index contributed by atoms with van der Waals surface area (Å²) in [5.74, 6) is 1.03. The fourth-order valence-electron chi connectivity index (χ4n) is 4.01. The molecule has 0 unspecified atom stereocenters.